The summed E-state index contributed by atoms with van der Waals surface area (Å²) in [6.07, 6.45) is 1.40. The molecule has 0 bridgehead atoms. The molecule has 0 heterocycles. The molecule has 4 rings (SSSR count). The lowest BCUT2D eigenvalue weighted by atomic mass is 10.1. The molecule has 0 amide bonds. The number of para-hydroxylation sites is 1. The molecular weight excluding hydrogens is 560 g/mol. The number of ketones is 1. The maximum Gasteiger partial charge on any atom is 0.204 e. The Labute approximate surface area is 224 Å². The molecule has 36 heavy (non-hydrogen) atoms. The number of allylic oxidation sites excluding steroid dienone is 1. The Balaban J connectivity index is 1.74. The van der Waals surface area contributed by atoms with E-state index in [-0.39, 0.29) is 16.2 Å². The van der Waals surface area contributed by atoms with Crippen LogP contribution in [0.5, 0.6) is 5.75 Å². The van der Waals surface area contributed by atoms with Gasteiger partial charge < -0.3 is 4.74 Å². The first-order valence-corrected chi connectivity index (χ1v) is 13.9. The SMILES string of the molecule is O=C(/C(=C\c1ccccc1OCc1ccccc1)S(=O)(=O)Cc1ccc(Cl)cc1)c1ccc(Br)cc1. The van der Waals surface area contributed by atoms with Crippen molar-refractivity contribution < 1.29 is 17.9 Å². The van der Waals surface area contributed by atoms with Gasteiger partial charge in [-0.25, -0.2) is 8.42 Å². The lowest BCUT2D eigenvalue weighted by Gasteiger charge is -2.13. The molecule has 4 aromatic carbocycles. The zero-order valence-corrected chi connectivity index (χ0v) is 22.3. The number of halogens is 2. The van der Waals surface area contributed by atoms with Gasteiger partial charge in [0, 0.05) is 20.6 Å². The molecular formula is C29H22BrClO4S. The van der Waals surface area contributed by atoms with Crippen molar-refractivity contribution in [1.29, 1.82) is 0 Å². The van der Waals surface area contributed by atoms with Crippen molar-refractivity contribution in [1.82, 2.24) is 0 Å². The van der Waals surface area contributed by atoms with E-state index in [9.17, 15) is 13.2 Å². The van der Waals surface area contributed by atoms with E-state index in [0.717, 1.165) is 10.0 Å². The fourth-order valence-electron chi connectivity index (χ4n) is 3.53. The maximum absolute atomic E-state index is 13.6. The minimum atomic E-state index is -4.03. The standard InChI is InChI=1S/C29H22BrClO4S/c30-25-14-12-23(13-15-25)29(32)28(36(33,34)20-22-10-16-26(31)17-11-22)18-24-8-4-5-9-27(24)35-19-21-6-2-1-3-7-21/h1-18H,19-20H2/b28-18+. The second-order valence-electron chi connectivity index (χ2n) is 8.04. The van der Waals surface area contributed by atoms with Gasteiger partial charge in [0.05, 0.1) is 5.75 Å². The summed E-state index contributed by atoms with van der Waals surface area (Å²) in [4.78, 5) is 13.2. The molecule has 0 spiro atoms. The second-order valence-corrected chi connectivity index (χ2v) is 11.4. The van der Waals surface area contributed by atoms with Crippen LogP contribution in [0.1, 0.15) is 27.0 Å². The number of benzene rings is 4. The summed E-state index contributed by atoms with van der Waals surface area (Å²) < 4.78 is 34.0. The molecule has 0 aliphatic rings. The molecule has 0 fully saturated rings. The number of sulfone groups is 1. The molecule has 0 N–H and O–H groups in total. The number of rotatable bonds is 9. The normalized spacial score (nSPS) is 11.8. The molecule has 0 aromatic heterocycles. The average Bonchev–Trinajstić information content (AvgIpc) is 2.88. The van der Waals surface area contributed by atoms with Crippen LogP contribution in [0.3, 0.4) is 0 Å². The average molecular weight is 582 g/mol. The molecule has 4 nitrogen and oxygen atoms in total. The Morgan fingerprint density at radius 2 is 1.44 bits per heavy atom. The highest BCUT2D eigenvalue weighted by molar-refractivity contribution is 9.10. The van der Waals surface area contributed by atoms with Crippen molar-refractivity contribution in [3.05, 3.63) is 140 Å². The Bertz CT molecular complexity index is 1480. The van der Waals surface area contributed by atoms with Crippen LogP contribution in [-0.2, 0) is 22.2 Å². The molecule has 182 valence electrons. The molecule has 0 radical (unpaired) electrons. The predicted octanol–water partition coefficient (Wildman–Crippen LogP) is 7.52. The zero-order valence-electron chi connectivity index (χ0n) is 19.1. The summed E-state index contributed by atoms with van der Waals surface area (Å²) >= 11 is 9.30. The van der Waals surface area contributed by atoms with E-state index < -0.39 is 15.6 Å². The fourth-order valence-corrected chi connectivity index (χ4v) is 5.41. The van der Waals surface area contributed by atoms with Gasteiger partial charge in [-0.2, -0.15) is 0 Å². The van der Waals surface area contributed by atoms with Gasteiger partial charge in [-0.3, -0.25) is 4.79 Å². The second kappa shape index (κ2) is 11.7. The van der Waals surface area contributed by atoms with E-state index in [2.05, 4.69) is 15.9 Å². The number of carbonyl (C=O) groups is 1. The molecule has 0 saturated heterocycles. The molecule has 0 aliphatic carbocycles. The summed E-state index contributed by atoms with van der Waals surface area (Å²) in [5.74, 6) is -0.454. The van der Waals surface area contributed by atoms with Gasteiger partial charge in [-0.05, 0) is 59.7 Å². The van der Waals surface area contributed by atoms with Gasteiger partial charge in [-0.15, -0.1) is 0 Å². The number of carbonyl (C=O) groups excluding carboxylic acids is 1. The van der Waals surface area contributed by atoms with Crippen molar-refractivity contribution in [2.75, 3.05) is 0 Å². The highest BCUT2D eigenvalue weighted by atomic mass is 79.9. The third-order valence-corrected chi connectivity index (χ3v) is 7.85. The summed E-state index contributed by atoms with van der Waals surface area (Å²) in [7, 11) is -4.03. The predicted molar refractivity (Wildman–Crippen MR) is 148 cm³/mol. The Morgan fingerprint density at radius 3 is 2.14 bits per heavy atom. The van der Waals surface area contributed by atoms with Crippen LogP contribution in [0.15, 0.2) is 113 Å². The summed E-state index contributed by atoms with van der Waals surface area (Å²) in [6, 6.07) is 29.8. The van der Waals surface area contributed by atoms with Gasteiger partial charge in [0.1, 0.15) is 17.3 Å². The van der Waals surface area contributed by atoms with E-state index in [4.69, 9.17) is 16.3 Å². The van der Waals surface area contributed by atoms with Gasteiger partial charge in [0.15, 0.2) is 9.84 Å². The van der Waals surface area contributed by atoms with E-state index in [1.54, 1.807) is 72.8 Å². The van der Waals surface area contributed by atoms with Crippen LogP contribution in [0, 0.1) is 0 Å². The lowest BCUT2D eigenvalue weighted by molar-refractivity contribution is 0.104. The van der Waals surface area contributed by atoms with Gasteiger partial charge in [0.2, 0.25) is 5.78 Å². The first-order chi connectivity index (χ1) is 17.3. The Kier molecular flexibility index (Phi) is 8.41. The number of hydrogen-bond acceptors (Lipinski definition) is 4. The smallest absolute Gasteiger partial charge is 0.204 e. The zero-order chi connectivity index (χ0) is 25.5. The van der Waals surface area contributed by atoms with E-state index in [1.165, 1.54) is 6.08 Å². The largest absolute Gasteiger partial charge is 0.488 e. The lowest BCUT2D eigenvalue weighted by Crippen LogP contribution is -2.16. The van der Waals surface area contributed by atoms with Crippen LogP contribution in [0.25, 0.3) is 6.08 Å². The molecule has 0 atom stereocenters. The van der Waals surface area contributed by atoms with Crippen LogP contribution < -0.4 is 4.74 Å². The van der Waals surface area contributed by atoms with Crippen molar-refractivity contribution in [2.45, 2.75) is 12.4 Å². The summed E-state index contributed by atoms with van der Waals surface area (Å²) in [5, 5.41) is 0.502. The first-order valence-electron chi connectivity index (χ1n) is 11.1. The van der Waals surface area contributed by atoms with E-state index in [0.29, 0.717) is 28.5 Å². The van der Waals surface area contributed by atoms with Crippen LogP contribution in [-0.4, -0.2) is 14.2 Å². The third kappa shape index (κ3) is 6.72. The Hall–Kier alpha value is -3.19. The van der Waals surface area contributed by atoms with Crippen molar-refractivity contribution in [2.24, 2.45) is 0 Å². The fraction of sp³-hybridized carbons (Fsp3) is 0.0690. The first kappa shape index (κ1) is 25.9. The maximum atomic E-state index is 13.6. The topological polar surface area (TPSA) is 60.4 Å². The monoisotopic (exact) mass is 580 g/mol. The summed E-state index contributed by atoms with van der Waals surface area (Å²) in [5.41, 5.74) is 2.26. The van der Waals surface area contributed by atoms with Crippen molar-refractivity contribution >= 4 is 49.2 Å². The number of Topliss-reactive ketones (excluding diaryl/α,β-unsaturated/α-hetero) is 1. The van der Waals surface area contributed by atoms with Crippen LogP contribution in [0.4, 0.5) is 0 Å². The minimum absolute atomic E-state index is 0.270. The molecule has 4 aromatic rings. The number of hydrogen-bond donors (Lipinski definition) is 0. The molecule has 0 unspecified atom stereocenters. The highest BCUT2D eigenvalue weighted by Gasteiger charge is 2.27. The van der Waals surface area contributed by atoms with Crippen molar-refractivity contribution in [3.8, 4) is 5.75 Å². The quantitative estimate of drug-likeness (QED) is 0.151. The van der Waals surface area contributed by atoms with E-state index in [1.807, 2.05) is 30.3 Å². The molecule has 0 saturated carbocycles. The highest BCUT2D eigenvalue weighted by Crippen LogP contribution is 2.28. The van der Waals surface area contributed by atoms with Crippen LogP contribution >= 0.6 is 27.5 Å². The van der Waals surface area contributed by atoms with Crippen LogP contribution in [0.2, 0.25) is 5.02 Å². The number of ether oxygens (including phenoxy) is 1. The van der Waals surface area contributed by atoms with Gasteiger partial charge in [-0.1, -0.05) is 88.2 Å². The summed E-state index contributed by atoms with van der Waals surface area (Å²) in [6.45, 7) is 0.305. The van der Waals surface area contributed by atoms with Crippen molar-refractivity contribution in [3.63, 3.8) is 0 Å². The molecule has 7 heteroatoms. The van der Waals surface area contributed by atoms with Gasteiger partial charge >= 0.3 is 0 Å². The third-order valence-electron chi connectivity index (χ3n) is 5.38. The molecule has 0 aliphatic heterocycles. The minimum Gasteiger partial charge on any atom is -0.488 e. The Morgan fingerprint density at radius 1 is 0.806 bits per heavy atom. The van der Waals surface area contributed by atoms with Gasteiger partial charge in [0.25, 0.3) is 0 Å². The van der Waals surface area contributed by atoms with E-state index >= 15 is 0 Å².